The lowest BCUT2D eigenvalue weighted by Gasteiger charge is -2.28. The molecule has 0 spiro atoms. The van der Waals surface area contributed by atoms with Crippen molar-refractivity contribution in [2.45, 2.75) is 13.0 Å². The van der Waals surface area contributed by atoms with Crippen LogP contribution >= 0.6 is 0 Å². The number of benzene rings is 1. The molecule has 1 aliphatic rings. The second-order valence-corrected chi connectivity index (χ2v) is 7.82. The maximum absolute atomic E-state index is 14.3. The van der Waals surface area contributed by atoms with Crippen LogP contribution in [0.15, 0.2) is 55.0 Å². The summed E-state index contributed by atoms with van der Waals surface area (Å²) in [6, 6.07) is 11.0. The van der Waals surface area contributed by atoms with E-state index >= 15 is 0 Å². The topological polar surface area (TPSA) is 79.0 Å². The molecule has 8 heteroatoms. The lowest BCUT2D eigenvalue weighted by molar-refractivity contribution is 0.122. The van der Waals surface area contributed by atoms with Gasteiger partial charge >= 0.3 is 0 Å². The Morgan fingerprint density at radius 3 is 2.88 bits per heavy atom. The number of aromatic nitrogens is 4. The van der Waals surface area contributed by atoms with E-state index in [1.165, 1.54) is 12.1 Å². The van der Waals surface area contributed by atoms with Gasteiger partial charge in [0.25, 0.3) is 0 Å². The maximum Gasteiger partial charge on any atom is 0.162 e. The second-order valence-electron chi connectivity index (χ2n) is 7.82. The molecule has 1 aromatic carbocycles. The van der Waals surface area contributed by atoms with Gasteiger partial charge in [-0.2, -0.15) is 0 Å². The van der Waals surface area contributed by atoms with Crippen molar-refractivity contribution in [3.63, 3.8) is 0 Å². The largest absolute Gasteiger partial charge is 0.378 e. The van der Waals surface area contributed by atoms with E-state index in [0.29, 0.717) is 24.6 Å². The van der Waals surface area contributed by atoms with Gasteiger partial charge < -0.3 is 19.9 Å². The minimum atomic E-state index is -0.310. The van der Waals surface area contributed by atoms with Gasteiger partial charge in [0, 0.05) is 79.4 Å². The van der Waals surface area contributed by atoms with Crippen LogP contribution in [0.4, 0.5) is 10.2 Å². The number of hydrogen-bond donors (Lipinski definition) is 2. The molecule has 32 heavy (non-hydrogen) atoms. The summed E-state index contributed by atoms with van der Waals surface area (Å²) >= 11 is 0. The molecule has 5 rings (SSSR count). The molecule has 0 aliphatic carbocycles. The molecule has 1 saturated heterocycles. The van der Waals surface area contributed by atoms with E-state index in [2.05, 4.69) is 20.2 Å². The van der Waals surface area contributed by atoms with Crippen molar-refractivity contribution in [2.24, 2.45) is 0 Å². The van der Waals surface area contributed by atoms with E-state index in [0.717, 1.165) is 60.6 Å². The van der Waals surface area contributed by atoms with Crippen LogP contribution in [0.25, 0.3) is 22.3 Å². The molecular weight excluding hydrogens is 407 g/mol. The van der Waals surface area contributed by atoms with Gasteiger partial charge in [-0.25, -0.2) is 14.4 Å². The summed E-state index contributed by atoms with van der Waals surface area (Å²) in [5, 5.41) is 4.35. The summed E-state index contributed by atoms with van der Waals surface area (Å²) < 4.78 is 19.8. The first-order chi connectivity index (χ1) is 15.8. The van der Waals surface area contributed by atoms with Crippen molar-refractivity contribution in [2.75, 3.05) is 37.7 Å². The Labute approximate surface area is 185 Å². The summed E-state index contributed by atoms with van der Waals surface area (Å²) in [5.41, 5.74) is 3.49. The molecule has 1 aliphatic heterocycles. The fraction of sp³-hybridized carbons (Fsp3) is 0.292. The first-order valence-electron chi connectivity index (χ1n) is 10.8. The predicted molar refractivity (Wildman–Crippen MR) is 122 cm³/mol. The molecule has 1 fully saturated rings. The average molecular weight is 433 g/mol. The number of morpholine rings is 1. The minimum absolute atomic E-state index is 0.310. The molecule has 4 heterocycles. The van der Waals surface area contributed by atoms with Gasteiger partial charge in [-0.15, -0.1) is 0 Å². The highest BCUT2D eigenvalue weighted by Crippen LogP contribution is 2.29. The summed E-state index contributed by atoms with van der Waals surface area (Å²) in [7, 11) is 0. The standard InChI is InChI=1S/C24H25FN6O/c25-18-12-21(20-4-7-28-22(20)13-18)24-29-19(3-6-27-16-17-2-1-5-26-15-17)14-23(30-24)31-8-10-32-11-9-31/h1-2,4-5,7,12-15,27-28H,3,6,8-11,16H2. The zero-order chi connectivity index (χ0) is 21.8. The third-order valence-electron chi connectivity index (χ3n) is 5.59. The normalized spacial score (nSPS) is 14.2. The monoisotopic (exact) mass is 432 g/mol. The third-order valence-corrected chi connectivity index (χ3v) is 5.59. The second kappa shape index (κ2) is 9.42. The lowest BCUT2D eigenvalue weighted by atomic mass is 10.1. The Balaban J connectivity index is 1.42. The summed E-state index contributed by atoms with van der Waals surface area (Å²) in [4.78, 5) is 19.1. The van der Waals surface area contributed by atoms with Crippen LogP contribution in [0.3, 0.4) is 0 Å². The first kappa shape index (κ1) is 20.5. The number of nitrogens with one attached hydrogen (secondary N) is 2. The molecular formula is C24H25FN6O. The number of ether oxygens (including phenoxy) is 1. The smallest absolute Gasteiger partial charge is 0.162 e. The van der Waals surface area contributed by atoms with E-state index in [-0.39, 0.29) is 5.82 Å². The Kier molecular flexibility index (Phi) is 6.04. The number of nitrogens with zero attached hydrogens (tertiary/aromatic N) is 4. The number of rotatable bonds is 7. The molecule has 0 radical (unpaired) electrons. The van der Waals surface area contributed by atoms with E-state index < -0.39 is 0 Å². The number of hydrogen-bond acceptors (Lipinski definition) is 6. The molecule has 0 saturated carbocycles. The average Bonchev–Trinajstić information content (AvgIpc) is 3.31. The Hall–Kier alpha value is -3.36. The number of anilines is 1. The SMILES string of the molecule is Fc1cc(-c2nc(CCNCc3cccnc3)cc(N3CCOCC3)n2)c2cc[nH]c2c1. The Morgan fingerprint density at radius 2 is 2.03 bits per heavy atom. The van der Waals surface area contributed by atoms with Crippen LogP contribution < -0.4 is 10.2 Å². The van der Waals surface area contributed by atoms with Crippen LogP contribution in [0, 0.1) is 5.82 Å². The Bertz CT molecular complexity index is 1190. The predicted octanol–water partition coefficient (Wildman–Crippen LogP) is 3.33. The molecule has 0 unspecified atom stereocenters. The summed E-state index contributed by atoms with van der Waals surface area (Å²) in [6.07, 6.45) is 6.17. The van der Waals surface area contributed by atoms with Gasteiger partial charge in [0.1, 0.15) is 11.6 Å². The van der Waals surface area contributed by atoms with Crippen LogP contribution in [0.2, 0.25) is 0 Å². The summed E-state index contributed by atoms with van der Waals surface area (Å²) in [5.74, 6) is 1.09. The highest BCUT2D eigenvalue weighted by Gasteiger charge is 2.17. The van der Waals surface area contributed by atoms with Gasteiger partial charge in [0.15, 0.2) is 5.82 Å². The quantitative estimate of drug-likeness (QED) is 0.436. The molecule has 2 N–H and O–H groups in total. The van der Waals surface area contributed by atoms with Crippen LogP contribution in [-0.2, 0) is 17.7 Å². The number of aromatic amines is 1. The van der Waals surface area contributed by atoms with Crippen LogP contribution in [0.1, 0.15) is 11.3 Å². The molecule has 164 valence electrons. The zero-order valence-electron chi connectivity index (χ0n) is 17.7. The fourth-order valence-corrected chi connectivity index (χ4v) is 3.95. The van der Waals surface area contributed by atoms with Gasteiger partial charge in [-0.05, 0) is 29.8 Å². The van der Waals surface area contributed by atoms with Crippen molar-refractivity contribution >= 4 is 16.7 Å². The van der Waals surface area contributed by atoms with Crippen LogP contribution in [0.5, 0.6) is 0 Å². The number of halogens is 1. The van der Waals surface area contributed by atoms with E-state index in [4.69, 9.17) is 14.7 Å². The minimum Gasteiger partial charge on any atom is -0.378 e. The fourth-order valence-electron chi connectivity index (χ4n) is 3.95. The molecule has 7 nitrogen and oxygen atoms in total. The van der Waals surface area contributed by atoms with Gasteiger partial charge in [0.05, 0.1) is 13.2 Å². The first-order valence-corrected chi connectivity index (χ1v) is 10.8. The maximum atomic E-state index is 14.3. The Morgan fingerprint density at radius 1 is 1.12 bits per heavy atom. The number of H-pyrrole nitrogens is 1. The van der Waals surface area contributed by atoms with Gasteiger partial charge in [0.2, 0.25) is 0 Å². The molecule has 0 atom stereocenters. The lowest BCUT2D eigenvalue weighted by Crippen LogP contribution is -2.37. The number of pyridine rings is 1. The molecule has 3 aromatic heterocycles. The van der Waals surface area contributed by atoms with Crippen molar-refractivity contribution in [1.82, 2.24) is 25.3 Å². The van der Waals surface area contributed by atoms with Gasteiger partial charge in [-0.1, -0.05) is 6.07 Å². The van der Waals surface area contributed by atoms with Crippen molar-refractivity contribution in [1.29, 1.82) is 0 Å². The molecule has 0 amide bonds. The van der Waals surface area contributed by atoms with E-state index in [9.17, 15) is 4.39 Å². The van der Waals surface area contributed by atoms with Crippen molar-refractivity contribution in [3.05, 3.63) is 72.1 Å². The van der Waals surface area contributed by atoms with Crippen molar-refractivity contribution < 1.29 is 9.13 Å². The highest BCUT2D eigenvalue weighted by atomic mass is 19.1. The van der Waals surface area contributed by atoms with Crippen molar-refractivity contribution in [3.8, 4) is 11.4 Å². The molecule has 4 aromatic rings. The van der Waals surface area contributed by atoms with E-state index in [1.807, 2.05) is 36.7 Å². The van der Waals surface area contributed by atoms with Gasteiger partial charge in [-0.3, -0.25) is 4.98 Å². The highest BCUT2D eigenvalue weighted by molar-refractivity contribution is 5.93. The molecule has 0 bridgehead atoms. The summed E-state index contributed by atoms with van der Waals surface area (Å²) in [6.45, 7) is 4.40. The van der Waals surface area contributed by atoms with Crippen LogP contribution in [-0.4, -0.2) is 52.8 Å². The number of fused-ring (bicyclic) bond motifs is 1. The third kappa shape index (κ3) is 4.61. The zero-order valence-corrected chi connectivity index (χ0v) is 17.7. The van der Waals surface area contributed by atoms with E-state index in [1.54, 1.807) is 6.20 Å².